The fourth-order valence-electron chi connectivity index (χ4n) is 4.43. The summed E-state index contributed by atoms with van der Waals surface area (Å²) >= 11 is 0. The minimum atomic E-state index is -0.417. The molecule has 0 atom stereocenters. The maximum absolute atomic E-state index is 13.0. The van der Waals surface area contributed by atoms with Crippen LogP contribution in [0.5, 0.6) is 5.75 Å². The van der Waals surface area contributed by atoms with Crippen LogP contribution in [-0.2, 0) is 6.54 Å². The zero-order valence-electron chi connectivity index (χ0n) is 18.6. The molecular formula is C24H23N5O5. The van der Waals surface area contributed by atoms with E-state index in [1.54, 1.807) is 60.5 Å². The maximum Gasteiger partial charge on any atom is 0.253 e. The van der Waals surface area contributed by atoms with E-state index in [0.717, 1.165) is 0 Å². The molecule has 10 nitrogen and oxygen atoms in total. The van der Waals surface area contributed by atoms with Crippen molar-refractivity contribution in [2.24, 2.45) is 0 Å². The highest BCUT2D eigenvalue weighted by Gasteiger charge is 2.39. The molecule has 5 rings (SSSR count). The van der Waals surface area contributed by atoms with Gasteiger partial charge >= 0.3 is 0 Å². The first-order valence-electron chi connectivity index (χ1n) is 11.0. The first-order valence-corrected chi connectivity index (χ1v) is 11.0. The Balaban J connectivity index is 1.23. The Kier molecular flexibility index (Phi) is 5.58. The van der Waals surface area contributed by atoms with Gasteiger partial charge in [-0.1, -0.05) is 24.3 Å². The van der Waals surface area contributed by atoms with Crippen molar-refractivity contribution in [1.29, 1.82) is 0 Å². The largest absolute Gasteiger partial charge is 0.571 e. The van der Waals surface area contributed by atoms with Gasteiger partial charge in [-0.15, -0.1) is 4.68 Å². The lowest BCUT2D eigenvalue weighted by molar-refractivity contribution is -0.749. The number of carbonyl (C=O) groups is 3. The van der Waals surface area contributed by atoms with Gasteiger partial charge in [0.15, 0.2) is 5.69 Å². The fraction of sp³-hybridized carbons (Fsp3) is 0.292. The van der Waals surface area contributed by atoms with Gasteiger partial charge in [0.25, 0.3) is 5.91 Å². The minimum absolute atomic E-state index is 0.0343. The number of aromatic nitrogens is 3. The average molecular weight is 461 g/mol. The third kappa shape index (κ3) is 3.71. The number of hydrogen-bond acceptors (Lipinski definition) is 7. The molecule has 0 N–H and O–H groups in total. The Labute approximate surface area is 195 Å². The molecule has 1 saturated heterocycles. The number of nitrogens with zero attached hydrogens (tertiary/aromatic N) is 5. The third-order valence-corrected chi connectivity index (χ3v) is 6.35. The van der Waals surface area contributed by atoms with Crippen molar-refractivity contribution in [2.75, 3.05) is 39.8 Å². The summed E-state index contributed by atoms with van der Waals surface area (Å²) in [6, 6.07) is 13.5. The van der Waals surface area contributed by atoms with Gasteiger partial charge in [0.2, 0.25) is 17.3 Å². The van der Waals surface area contributed by atoms with Crippen LogP contribution in [0.4, 0.5) is 0 Å². The first kappa shape index (κ1) is 21.8. The summed E-state index contributed by atoms with van der Waals surface area (Å²) in [5, 5.41) is 16.2. The van der Waals surface area contributed by atoms with Crippen LogP contribution in [0.15, 0.2) is 48.5 Å². The Morgan fingerprint density at radius 3 is 2.26 bits per heavy atom. The molecular weight excluding hydrogens is 438 g/mol. The van der Waals surface area contributed by atoms with E-state index < -0.39 is 5.78 Å². The summed E-state index contributed by atoms with van der Waals surface area (Å²) in [4.78, 5) is 42.8. The molecule has 174 valence electrons. The Bertz CT molecular complexity index is 1280. The van der Waals surface area contributed by atoms with Crippen LogP contribution in [0.2, 0.25) is 0 Å². The van der Waals surface area contributed by atoms with Crippen molar-refractivity contribution >= 4 is 17.5 Å². The lowest BCUT2D eigenvalue weighted by Gasteiger charge is -2.34. The highest BCUT2D eigenvalue weighted by Crippen LogP contribution is 2.25. The van der Waals surface area contributed by atoms with Gasteiger partial charge in [0.1, 0.15) is 5.75 Å². The van der Waals surface area contributed by atoms with Crippen molar-refractivity contribution in [3.63, 3.8) is 0 Å². The van der Waals surface area contributed by atoms with Crippen molar-refractivity contribution in [3.8, 4) is 5.75 Å². The number of hydrogen-bond donors (Lipinski definition) is 0. The molecule has 3 aromatic rings. The Hall–Kier alpha value is -4.05. The zero-order valence-corrected chi connectivity index (χ0v) is 18.6. The summed E-state index contributed by atoms with van der Waals surface area (Å²) in [7, 11) is 1.58. The maximum atomic E-state index is 13.0. The number of piperazine rings is 1. The van der Waals surface area contributed by atoms with Crippen molar-refractivity contribution in [3.05, 3.63) is 81.8 Å². The summed E-state index contributed by atoms with van der Waals surface area (Å²) in [6.07, 6.45) is 0. The van der Waals surface area contributed by atoms with Gasteiger partial charge in [-0.3, -0.25) is 19.3 Å². The lowest BCUT2D eigenvalue weighted by Crippen LogP contribution is -2.50. The summed E-state index contributed by atoms with van der Waals surface area (Å²) in [6.45, 7) is 3.06. The predicted molar refractivity (Wildman–Crippen MR) is 120 cm³/mol. The SMILES string of the molecule is COc1ccc(C(=O)N2CCN(CCn3c4c(n[n+]3[O-])C(=O)c3ccccc3C4=O)CC2)cc1. The van der Waals surface area contributed by atoms with E-state index in [4.69, 9.17) is 4.74 Å². The number of carbonyl (C=O) groups excluding carboxylic acids is 3. The summed E-state index contributed by atoms with van der Waals surface area (Å²) in [5.74, 6) is -0.130. The molecule has 2 aromatic carbocycles. The van der Waals surface area contributed by atoms with Gasteiger partial charge in [-0.2, -0.15) is 0 Å². The molecule has 1 amide bonds. The smallest absolute Gasteiger partial charge is 0.253 e. The molecule has 0 unspecified atom stereocenters. The molecule has 10 heteroatoms. The van der Waals surface area contributed by atoms with E-state index in [0.29, 0.717) is 49.0 Å². The van der Waals surface area contributed by atoms with Gasteiger partial charge in [0, 0.05) is 59.5 Å². The Morgan fingerprint density at radius 1 is 0.971 bits per heavy atom. The standard InChI is InChI=1S/C24H23N5O5/c1-34-17-8-6-16(7-9-17)24(32)27-13-10-26(11-14-27)12-15-28-21-20(25-29(28)33)22(30)18-4-2-3-5-19(18)23(21)31/h2-9H,10-15H2,1H3. The quantitative estimate of drug-likeness (QED) is 0.319. The molecule has 1 aliphatic heterocycles. The highest BCUT2D eigenvalue weighted by atomic mass is 16.5. The average Bonchev–Trinajstić information content (AvgIpc) is 3.22. The molecule has 1 aliphatic carbocycles. The minimum Gasteiger partial charge on any atom is -0.571 e. The summed E-state index contributed by atoms with van der Waals surface area (Å²) in [5.41, 5.74) is 1.09. The van der Waals surface area contributed by atoms with Crippen LogP contribution in [0.25, 0.3) is 0 Å². The van der Waals surface area contributed by atoms with Crippen LogP contribution < -0.4 is 9.70 Å². The molecule has 0 bridgehead atoms. The van der Waals surface area contributed by atoms with E-state index in [2.05, 4.69) is 10.00 Å². The number of fused-ring (bicyclic) bond motifs is 2. The number of amides is 1. The second-order valence-electron chi connectivity index (χ2n) is 8.24. The van der Waals surface area contributed by atoms with Crippen molar-refractivity contribution < 1.29 is 24.1 Å². The molecule has 0 radical (unpaired) electrons. The molecule has 1 aromatic heterocycles. The Morgan fingerprint density at radius 2 is 1.62 bits per heavy atom. The molecule has 0 saturated carbocycles. The predicted octanol–water partition coefficient (Wildman–Crippen LogP) is 0.759. The van der Waals surface area contributed by atoms with Crippen molar-refractivity contribution in [1.82, 2.24) is 19.6 Å². The third-order valence-electron chi connectivity index (χ3n) is 6.35. The summed E-state index contributed by atoms with van der Waals surface area (Å²) < 4.78 is 6.36. The lowest BCUT2D eigenvalue weighted by atomic mass is 9.90. The molecule has 1 fully saturated rings. The van der Waals surface area contributed by atoms with E-state index >= 15 is 0 Å². The molecule has 2 aliphatic rings. The second kappa shape index (κ2) is 8.71. The van der Waals surface area contributed by atoms with Crippen LogP contribution in [0.3, 0.4) is 0 Å². The highest BCUT2D eigenvalue weighted by molar-refractivity contribution is 6.26. The van der Waals surface area contributed by atoms with E-state index in [9.17, 15) is 19.6 Å². The second-order valence-corrected chi connectivity index (χ2v) is 8.24. The van der Waals surface area contributed by atoms with Crippen LogP contribution in [-0.4, -0.2) is 76.9 Å². The monoisotopic (exact) mass is 461 g/mol. The number of benzene rings is 2. The molecule has 0 spiro atoms. The van der Waals surface area contributed by atoms with E-state index in [1.165, 1.54) is 4.68 Å². The number of methoxy groups -OCH3 is 1. The normalized spacial score (nSPS) is 15.7. The van der Waals surface area contributed by atoms with E-state index in [-0.39, 0.29) is 40.7 Å². The first-order chi connectivity index (χ1) is 16.5. The zero-order chi connectivity index (χ0) is 23.8. The number of rotatable bonds is 5. The van der Waals surface area contributed by atoms with Gasteiger partial charge in [-0.05, 0) is 24.3 Å². The number of ketones is 2. The van der Waals surface area contributed by atoms with E-state index in [1.807, 2.05) is 0 Å². The number of ether oxygens (including phenoxy) is 1. The topological polar surface area (TPSA) is 112 Å². The van der Waals surface area contributed by atoms with Crippen LogP contribution in [0, 0.1) is 5.21 Å². The van der Waals surface area contributed by atoms with Gasteiger partial charge in [0.05, 0.1) is 13.7 Å². The van der Waals surface area contributed by atoms with Crippen LogP contribution >= 0.6 is 0 Å². The molecule has 2 heterocycles. The molecule has 34 heavy (non-hydrogen) atoms. The van der Waals surface area contributed by atoms with Gasteiger partial charge in [-0.25, -0.2) is 0 Å². The van der Waals surface area contributed by atoms with Gasteiger partial charge < -0.3 is 14.8 Å². The van der Waals surface area contributed by atoms with Crippen LogP contribution in [0.1, 0.15) is 42.5 Å². The fourth-order valence-corrected chi connectivity index (χ4v) is 4.43. The van der Waals surface area contributed by atoms with Crippen molar-refractivity contribution in [2.45, 2.75) is 6.54 Å².